The lowest BCUT2D eigenvalue weighted by atomic mass is 10.1. The van der Waals surface area contributed by atoms with Crippen molar-refractivity contribution in [3.05, 3.63) is 42.4 Å². The highest BCUT2D eigenvalue weighted by Crippen LogP contribution is 2.24. The Hall–Kier alpha value is -3.03. The smallest absolute Gasteiger partial charge is 0.339 e. The molecule has 1 N–H and O–H groups in total. The van der Waals surface area contributed by atoms with E-state index in [4.69, 9.17) is 0 Å². The second-order valence-corrected chi connectivity index (χ2v) is 4.36. The minimum Gasteiger partial charge on any atom is -0.478 e. The van der Waals surface area contributed by atoms with Gasteiger partial charge < -0.3 is 5.11 Å². The third kappa shape index (κ3) is 2.38. The lowest BCUT2D eigenvalue weighted by Crippen LogP contribution is -1.98. The molecule has 0 bridgehead atoms. The average Bonchev–Trinajstić information content (AvgIpc) is 3.17. The quantitative estimate of drug-likeness (QED) is 0.774. The van der Waals surface area contributed by atoms with Crippen LogP contribution in [0.15, 0.2) is 36.8 Å². The Balaban J connectivity index is 2.10. The molecule has 21 heavy (non-hydrogen) atoms. The Morgan fingerprint density at radius 2 is 2.24 bits per heavy atom. The van der Waals surface area contributed by atoms with Gasteiger partial charge in [-0.2, -0.15) is 5.10 Å². The Morgan fingerprint density at radius 1 is 1.38 bits per heavy atom. The summed E-state index contributed by atoms with van der Waals surface area (Å²) in [5.74, 6) is -1.00. The Morgan fingerprint density at radius 3 is 2.90 bits per heavy atom. The molecule has 0 radical (unpaired) electrons. The van der Waals surface area contributed by atoms with Crippen molar-refractivity contribution in [1.29, 1.82) is 0 Å². The Kier molecular flexibility index (Phi) is 3.19. The monoisotopic (exact) mass is 284 g/mol. The predicted molar refractivity (Wildman–Crippen MR) is 73.0 cm³/mol. The molecule has 3 rings (SSSR count). The summed E-state index contributed by atoms with van der Waals surface area (Å²) in [7, 11) is 0. The molecule has 0 saturated carbocycles. The van der Waals surface area contributed by atoms with Crippen molar-refractivity contribution >= 4 is 5.97 Å². The van der Waals surface area contributed by atoms with Gasteiger partial charge in [-0.25, -0.2) is 9.48 Å². The summed E-state index contributed by atoms with van der Waals surface area (Å²) in [6.07, 6.45) is 3.00. The van der Waals surface area contributed by atoms with Crippen molar-refractivity contribution in [3.63, 3.8) is 0 Å². The van der Waals surface area contributed by atoms with E-state index in [1.165, 1.54) is 17.2 Å². The summed E-state index contributed by atoms with van der Waals surface area (Å²) in [6.45, 7) is 2.51. The van der Waals surface area contributed by atoms with Gasteiger partial charge in [0.2, 0.25) is 0 Å². The molecule has 0 aliphatic carbocycles. The van der Waals surface area contributed by atoms with Gasteiger partial charge in [0, 0.05) is 18.3 Å². The molecule has 2 aromatic heterocycles. The molecule has 0 amide bonds. The van der Waals surface area contributed by atoms with Gasteiger partial charge >= 0.3 is 5.97 Å². The van der Waals surface area contributed by atoms with Crippen LogP contribution in [0.1, 0.15) is 17.3 Å². The van der Waals surface area contributed by atoms with Crippen molar-refractivity contribution in [2.24, 2.45) is 0 Å². The summed E-state index contributed by atoms with van der Waals surface area (Å²) >= 11 is 0. The van der Waals surface area contributed by atoms with E-state index in [1.807, 2.05) is 25.1 Å². The third-order valence-electron chi connectivity index (χ3n) is 3.05. The van der Waals surface area contributed by atoms with Crippen LogP contribution in [-0.2, 0) is 6.54 Å². The van der Waals surface area contributed by atoms with Gasteiger partial charge in [-0.05, 0) is 29.5 Å². The molecule has 0 saturated heterocycles. The summed E-state index contributed by atoms with van der Waals surface area (Å²) in [5, 5.41) is 24.6. The molecule has 0 aliphatic rings. The summed E-state index contributed by atoms with van der Waals surface area (Å²) < 4.78 is 3.10. The van der Waals surface area contributed by atoms with Gasteiger partial charge in [0.1, 0.15) is 17.6 Å². The number of carboxylic acids is 1. The number of tetrazole rings is 1. The molecule has 0 aliphatic heterocycles. The highest BCUT2D eigenvalue weighted by molar-refractivity contribution is 5.94. The summed E-state index contributed by atoms with van der Waals surface area (Å²) in [6, 6.07) is 7.24. The van der Waals surface area contributed by atoms with Crippen LogP contribution in [0.4, 0.5) is 0 Å². The largest absolute Gasteiger partial charge is 0.478 e. The molecule has 2 heterocycles. The predicted octanol–water partition coefficient (Wildman–Crippen LogP) is 1.24. The molecule has 3 aromatic rings. The van der Waals surface area contributed by atoms with Crippen LogP contribution in [0.2, 0.25) is 0 Å². The van der Waals surface area contributed by atoms with E-state index in [2.05, 4.69) is 20.6 Å². The maximum absolute atomic E-state index is 11.3. The highest BCUT2D eigenvalue weighted by Gasteiger charge is 2.17. The topological polar surface area (TPSA) is 98.7 Å². The maximum Gasteiger partial charge on any atom is 0.339 e. The number of benzene rings is 1. The van der Waals surface area contributed by atoms with Gasteiger partial charge in [0.25, 0.3) is 0 Å². The molecule has 0 fully saturated rings. The first-order valence-electron chi connectivity index (χ1n) is 6.33. The zero-order chi connectivity index (χ0) is 14.8. The number of rotatable bonds is 4. The minimum atomic E-state index is -1.00. The maximum atomic E-state index is 11.3. The number of hydrogen-bond acceptors (Lipinski definition) is 5. The van der Waals surface area contributed by atoms with Crippen molar-refractivity contribution in [1.82, 2.24) is 30.0 Å². The van der Waals surface area contributed by atoms with E-state index in [1.54, 1.807) is 10.7 Å². The van der Waals surface area contributed by atoms with Crippen molar-refractivity contribution in [2.75, 3.05) is 0 Å². The number of carbonyl (C=O) groups is 1. The van der Waals surface area contributed by atoms with Crippen LogP contribution >= 0.6 is 0 Å². The Labute approximate surface area is 119 Å². The first kappa shape index (κ1) is 13.0. The van der Waals surface area contributed by atoms with Crippen LogP contribution in [0, 0.1) is 0 Å². The molecule has 8 nitrogen and oxygen atoms in total. The second-order valence-electron chi connectivity index (χ2n) is 4.36. The molecule has 0 atom stereocenters. The molecule has 1 aromatic carbocycles. The summed E-state index contributed by atoms with van der Waals surface area (Å²) in [5.41, 5.74) is 2.04. The van der Waals surface area contributed by atoms with Crippen molar-refractivity contribution in [2.45, 2.75) is 13.5 Å². The average molecular weight is 284 g/mol. The number of aromatic nitrogens is 6. The van der Waals surface area contributed by atoms with Crippen molar-refractivity contribution < 1.29 is 9.90 Å². The lowest BCUT2D eigenvalue weighted by Gasteiger charge is -2.03. The molecular weight excluding hydrogens is 272 g/mol. The number of nitrogens with zero attached hydrogens (tertiary/aromatic N) is 6. The van der Waals surface area contributed by atoms with E-state index in [-0.39, 0.29) is 5.56 Å². The molecule has 106 valence electrons. The number of aromatic carboxylic acids is 1. The SMILES string of the molecule is CCn1cc(C(=O)O)c(-c2cccc(-n3cnnn3)c2)n1. The molecule has 8 heteroatoms. The molecular formula is C13H12N6O2. The van der Waals surface area contributed by atoms with Gasteiger partial charge in [-0.15, -0.1) is 5.10 Å². The van der Waals surface area contributed by atoms with Crippen LogP contribution in [0.5, 0.6) is 0 Å². The van der Waals surface area contributed by atoms with Crippen molar-refractivity contribution in [3.8, 4) is 16.9 Å². The zero-order valence-electron chi connectivity index (χ0n) is 11.2. The van der Waals surface area contributed by atoms with Gasteiger partial charge in [-0.1, -0.05) is 12.1 Å². The first-order valence-corrected chi connectivity index (χ1v) is 6.33. The van der Waals surface area contributed by atoms with Crippen LogP contribution < -0.4 is 0 Å². The summed E-state index contributed by atoms with van der Waals surface area (Å²) in [4.78, 5) is 11.3. The number of hydrogen-bond donors (Lipinski definition) is 1. The van der Waals surface area contributed by atoms with Crippen LogP contribution in [0.25, 0.3) is 16.9 Å². The van der Waals surface area contributed by atoms with E-state index < -0.39 is 5.97 Å². The van der Waals surface area contributed by atoms with Crippen LogP contribution in [-0.4, -0.2) is 41.1 Å². The van der Waals surface area contributed by atoms with Gasteiger partial charge in [0.05, 0.1) is 5.69 Å². The lowest BCUT2D eigenvalue weighted by molar-refractivity contribution is 0.0697. The first-order chi connectivity index (χ1) is 10.2. The standard InChI is InChI=1S/C13H12N6O2/c1-2-18-7-11(13(20)21)12(15-18)9-4-3-5-10(6-9)19-8-14-16-17-19/h3-8H,2H2,1H3,(H,20,21). The van der Waals surface area contributed by atoms with E-state index in [0.29, 0.717) is 17.8 Å². The van der Waals surface area contributed by atoms with E-state index in [9.17, 15) is 9.90 Å². The fourth-order valence-electron chi connectivity index (χ4n) is 2.03. The molecule has 0 unspecified atom stereocenters. The van der Waals surface area contributed by atoms with Gasteiger partial charge in [0.15, 0.2) is 0 Å². The van der Waals surface area contributed by atoms with E-state index in [0.717, 1.165) is 5.69 Å². The fourth-order valence-corrected chi connectivity index (χ4v) is 2.03. The normalized spacial score (nSPS) is 10.7. The minimum absolute atomic E-state index is 0.172. The fraction of sp³-hybridized carbons (Fsp3) is 0.154. The second kappa shape index (κ2) is 5.16. The van der Waals surface area contributed by atoms with Gasteiger partial charge in [-0.3, -0.25) is 4.68 Å². The zero-order valence-corrected chi connectivity index (χ0v) is 11.2. The molecule has 0 spiro atoms. The number of aryl methyl sites for hydroxylation is 1. The Bertz CT molecular complexity index is 778. The third-order valence-corrected chi connectivity index (χ3v) is 3.05. The van der Waals surface area contributed by atoms with E-state index >= 15 is 0 Å². The van der Waals surface area contributed by atoms with Crippen LogP contribution in [0.3, 0.4) is 0 Å². The highest BCUT2D eigenvalue weighted by atomic mass is 16.4. The number of carboxylic acid groups (broad SMARTS) is 1.